The van der Waals surface area contributed by atoms with Crippen molar-refractivity contribution in [2.24, 2.45) is 5.41 Å². The first kappa shape index (κ1) is 12.0. The van der Waals surface area contributed by atoms with Crippen LogP contribution in [-0.2, 0) is 6.54 Å². The van der Waals surface area contributed by atoms with E-state index in [1.54, 1.807) is 0 Å². The summed E-state index contributed by atoms with van der Waals surface area (Å²) >= 11 is 0. The first-order valence-electron chi connectivity index (χ1n) is 5.65. The molecule has 0 aliphatic heterocycles. The monoisotopic (exact) mass is 237 g/mol. The third-order valence-corrected chi connectivity index (χ3v) is 3.34. The van der Waals surface area contributed by atoms with Gasteiger partial charge < -0.3 is 10.4 Å². The molecule has 1 atom stereocenters. The van der Waals surface area contributed by atoms with Gasteiger partial charge in [-0.3, -0.25) is 0 Å². The van der Waals surface area contributed by atoms with E-state index in [9.17, 15) is 9.18 Å². The van der Waals surface area contributed by atoms with Crippen LogP contribution in [0.25, 0.3) is 0 Å². The smallest absolute Gasteiger partial charge is 0.335 e. The summed E-state index contributed by atoms with van der Waals surface area (Å²) in [6.07, 6.45) is 1.08. The molecule has 4 heteroatoms. The van der Waals surface area contributed by atoms with Crippen LogP contribution in [0.4, 0.5) is 4.39 Å². The molecule has 1 aromatic carbocycles. The van der Waals surface area contributed by atoms with Gasteiger partial charge in [-0.15, -0.1) is 0 Å². The lowest BCUT2D eigenvalue weighted by Crippen LogP contribution is -2.20. The lowest BCUT2D eigenvalue weighted by Gasteiger charge is -2.08. The Bertz CT molecular complexity index is 457. The first-order valence-corrected chi connectivity index (χ1v) is 5.65. The van der Waals surface area contributed by atoms with Gasteiger partial charge in [0.05, 0.1) is 5.56 Å². The van der Waals surface area contributed by atoms with Crippen LogP contribution in [0.3, 0.4) is 0 Å². The van der Waals surface area contributed by atoms with Crippen molar-refractivity contribution >= 4 is 5.97 Å². The number of aromatic carboxylic acids is 1. The van der Waals surface area contributed by atoms with Gasteiger partial charge in [0.2, 0.25) is 0 Å². The highest BCUT2D eigenvalue weighted by molar-refractivity contribution is 5.87. The van der Waals surface area contributed by atoms with Gasteiger partial charge in [0.1, 0.15) is 5.82 Å². The molecule has 1 saturated carbocycles. The molecule has 92 valence electrons. The molecule has 0 bridgehead atoms. The molecule has 2 rings (SSSR count). The van der Waals surface area contributed by atoms with Gasteiger partial charge in [0.15, 0.2) is 0 Å². The molecule has 3 nitrogen and oxygen atoms in total. The van der Waals surface area contributed by atoms with Crippen LogP contribution in [0.2, 0.25) is 0 Å². The Hall–Kier alpha value is -1.42. The summed E-state index contributed by atoms with van der Waals surface area (Å²) in [5, 5.41) is 12.1. The molecular weight excluding hydrogens is 221 g/mol. The first-order chi connectivity index (χ1) is 7.90. The zero-order chi connectivity index (χ0) is 12.6. The second kappa shape index (κ2) is 4.11. The second-order valence-corrected chi connectivity index (χ2v) is 5.24. The van der Waals surface area contributed by atoms with Crippen molar-refractivity contribution in [3.8, 4) is 0 Å². The minimum Gasteiger partial charge on any atom is -0.478 e. The molecule has 0 amide bonds. The van der Waals surface area contributed by atoms with Crippen LogP contribution in [-0.4, -0.2) is 17.1 Å². The average Bonchev–Trinajstić information content (AvgIpc) is 2.85. The quantitative estimate of drug-likeness (QED) is 0.845. The Balaban J connectivity index is 2.04. The molecule has 1 unspecified atom stereocenters. The van der Waals surface area contributed by atoms with Crippen LogP contribution in [0.15, 0.2) is 18.2 Å². The summed E-state index contributed by atoms with van der Waals surface area (Å²) < 4.78 is 13.5. The minimum atomic E-state index is -1.03. The maximum absolute atomic E-state index is 13.5. The fourth-order valence-corrected chi connectivity index (χ4v) is 1.89. The van der Waals surface area contributed by atoms with Crippen LogP contribution in [0.1, 0.15) is 36.2 Å². The molecule has 1 fully saturated rings. The van der Waals surface area contributed by atoms with E-state index < -0.39 is 5.97 Å². The summed E-state index contributed by atoms with van der Waals surface area (Å²) in [6, 6.07) is 4.27. The Morgan fingerprint density at radius 1 is 1.59 bits per heavy atom. The minimum absolute atomic E-state index is 0.123. The lowest BCUT2D eigenvalue weighted by molar-refractivity contribution is 0.0696. The Labute approximate surface area is 99.7 Å². The number of hydrogen-bond acceptors (Lipinski definition) is 2. The number of hydrogen-bond donors (Lipinski definition) is 2. The van der Waals surface area contributed by atoms with Gasteiger partial charge in [-0.2, -0.15) is 0 Å². The van der Waals surface area contributed by atoms with E-state index in [0.717, 1.165) is 6.42 Å². The van der Waals surface area contributed by atoms with Gasteiger partial charge in [-0.25, -0.2) is 9.18 Å². The molecule has 1 aromatic rings. The zero-order valence-electron chi connectivity index (χ0n) is 9.96. The molecular formula is C13H16FNO2. The lowest BCUT2D eigenvalue weighted by atomic mass is 10.1. The highest BCUT2D eigenvalue weighted by Crippen LogP contribution is 2.44. The second-order valence-electron chi connectivity index (χ2n) is 5.24. The van der Waals surface area contributed by atoms with Crippen molar-refractivity contribution in [3.63, 3.8) is 0 Å². The SMILES string of the molecule is CC1(C)CC1NCc1cc(C(=O)O)ccc1F. The number of carboxylic acids is 1. The van der Waals surface area contributed by atoms with E-state index in [1.165, 1.54) is 18.2 Å². The van der Waals surface area contributed by atoms with Crippen LogP contribution >= 0.6 is 0 Å². The van der Waals surface area contributed by atoms with Crippen molar-refractivity contribution in [1.29, 1.82) is 0 Å². The van der Waals surface area contributed by atoms with E-state index in [-0.39, 0.29) is 16.8 Å². The summed E-state index contributed by atoms with van der Waals surface area (Å²) in [4.78, 5) is 10.8. The van der Waals surface area contributed by atoms with E-state index in [4.69, 9.17) is 5.11 Å². The van der Waals surface area contributed by atoms with Crippen molar-refractivity contribution in [1.82, 2.24) is 5.32 Å². The summed E-state index contributed by atoms with van der Waals surface area (Å²) in [5.74, 6) is -1.39. The van der Waals surface area contributed by atoms with Crippen molar-refractivity contribution in [2.75, 3.05) is 0 Å². The number of carbonyl (C=O) groups is 1. The predicted octanol–water partition coefficient (Wildman–Crippen LogP) is 2.41. The van der Waals surface area contributed by atoms with Gasteiger partial charge in [0, 0.05) is 18.2 Å². The zero-order valence-corrected chi connectivity index (χ0v) is 9.96. The Kier molecular flexibility index (Phi) is 2.91. The van der Waals surface area contributed by atoms with E-state index in [2.05, 4.69) is 19.2 Å². The third kappa shape index (κ3) is 2.64. The van der Waals surface area contributed by atoms with Crippen molar-refractivity contribution < 1.29 is 14.3 Å². The number of benzene rings is 1. The van der Waals surface area contributed by atoms with Crippen molar-refractivity contribution in [3.05, 3.63) is 35.1 Å². The maximum Gasteiger partial charge on any atom is 0.335 e. The topological polar surface area (TPSA) is 49.3 Å². The third-order valence-electron chi connectivity index (χ3n) is 3.34. The molecule has 0 heterocycles. The van der Waals surface area contributed by atoms with E-state index in [0.29, 0.717) is 18.2 Å². The van der Waals surface area contributed by atoms with Crippen LogP contribution < -0.4 is 5.32 Å². The largest absolute Gasteiger partial charge is 0.478 e. The summed E-state index contributed by atoms with van der Waals surface area (Å²) in [6.45, 7) is 4.67. The number of nitrogens with one attached hydrogen (secondary N) is 1. The van der Waals surface area contributed by atoms with Gasteiger partial charge in [-0.05, 0) is 30.0 Å². The van der Waals surface area contributed by atoms with Gasteiger partial charge in [-0.1, -0.05) is 13.8 Å². The standard InChI is InChI=1S/C13H16FNO2/c1-13(2)6-11(13)15-7-9-5-8(12(16)17)3-4-10(9)14/h3-5,11,15H,6-7H2,1-2H3,(H,16,17). The average molecular weight is 237 g/mol. The molecule has 2 N–H and O–H groups in total. The molecule has 1 aliphatic rings. The van der Waals surface area contributed by atoms with E-state index >= 15 is 0 Å². The molecule has 0 spiro atoms. The summed E-state index contributed by atoms with van der Waals surface area (Å²) in [5.41, 5.74) is 0.812. The maximum atomic E-state index is 13.5. The van der Waals surface area contributed by atoms with Crippen LogP contribution in [0.5, 0.6) is 0 Å². The van der Waals surface area contributed by atoms with Crippen LogP contribution in [0, 0.1) is 11.2 Å². The predicted molar refractivity (Wildman–Crippen MR) is 62.4 cm³/mol. The molecule has 0 radical (unpaired) electrons. The Morgan fingerprint density at radius 3 is 2.76 bits per heavy atom. The fraction of sp³-hybridized carbons (Fsp3) is 0.462. The normalized spacial score (nSPS) is 21.2. The number of carboxylic acid groups (broad SMARTS) is 1. The van der Waals surface area contributed by atoms with Gasteiger partial charge in [0.25, 0.3) is 0 Å². The highest BCUT2D eigenvalue weighted by Gasteiger charge is 2.45. The molecule has 0 saturated heterocycles. The molecule has 0 aromatic heterocycles. The summed E-state index contributed by atoms with van der Waals surface area (Å²) in [7, 11) is 0. The number of rotatable bonds is 4. The van der Waals surface area contributed by atoms with Gasteiger partial charge >= 0.3 is 5.97 Å². The highest BCUT2D eigenvalue weighted by atomic mass is 19.1. The van der Waals surface area contributed by atoms with E-state index in [1.807, 2.05) is 0 Å². The Morgan fingerprint density at radius 2 is 2.24 bits per heavy atom. The fourth-order valence-electron chi connectivity index (χ4n) is 1.89. The van der Waals surface area contributed by atoms with Crippen molar-refractivity contribution in [2.45, 2.75) is 32.9 Å². The number of halogens is 1. The molecule has 17 heavy (non-hydrogen) atoms. The molecule has 1 aliphatic carbocycles.